The van der Waals surface area contributed by atoms with Crippen molar-refractivity contribution in [2.75, 3.05) is 13.7 Å². The molecule has 2 N–H and O–H groups in total. The highest BCUT2D eigenvalue weighted by atomic mass is 79.9. The van der Waals surface area contributed by atoms with E-state index in [2.05, 4.69) is 21.2 Å². The number of ether oxygens (including phenoxy) is 1. The molecule has 2 rings (SSSR count). The smallest absolute Gasteiger partial charge is 0.119 e. The first-order chi connectivity index (χ1) is 8.63. The van der Waals surface area contributed by atoms with E-state index < -0.39 is 5.60 Å². The summed E-state index contributed by atoms with van der Waals surface area (Å²) in [5, 5.41) is 13.6. The summed E-state index contributed by atoms with van der Waals surface area (Å²) in [5.74, 6) is 0.856. The van der Waals surface area contributed by atoms with E-state index in [0.717, 1.165) is 48.0 Å². The Morgan fingerprint density at radius 1 is 1.39 bits per heavy atom. The molecule has 100 valence electrons. The highest BCUT2D eigenvalue weighted by Gasteiger charge is 2.30. The van der Waals surface area contributed by atoms with Gasteiger partial charge in [0.15, 0.2) is 0 Å². The maximum Gasteiger partial charge on any atom is 0.119 e. The van der Waals surface area contributed by atoms with Crippen LogP contribution in [0.25, 0.3) is 0 Å². The van der Waals surface area contributed by atoms with Gasteiger partial charge in [-0.3, -0.25) is 0 Å². The van der Waals surface area contributed by atoms with Crippen molar-refractivity contribution in [3.63, 3.8) is 0 Å². The Morgan fingerprint density at radius 3 is 2.78 bits per heavy atom. The number of nitrogens with one attached hydrogen (secondary N) is 1. The molecule has 1 aromatic carbocycles. The number of rotatable bonds is 5. The van der Waals surface area contributed by atoms with Gasteiger partial charge < -0.3 is 15.2 Å². The van der Waals surface area contributed by atoms with Gasteiger partial charge in [-0.1, -0.05) is 28.8 Å². The maximum atomic E-state index is 10.2. The Bertz CT molecular complexity index is 403. The minimum Gasteiger partial charge on any atom is -0.497 e. The molecule has 0 heterocycles. The van der Waals surface area contributed by atoms with Crippen LogP contribution < -0.4 is 10.1 Å². The molecule has 1 aliphatic rings. The van der Waals surface area contributed by atoms with Gasteiger partial charge in [0, 0.05) is 17.6 Å². The first-order valence-electron chi connectivity index (χ1n) is 6.38. The third-order valence-corrected chi connectivity index (χ3v) is 4.33. The molecule has 0 bridgehead atoms. The Hall–Kier alpha value is -0.580. The number of benzene rings is 1. The second-order valence-electron chi connectivity index (χ2n) is 4.99. The van der Waals surface area contributed by atoms with Crippen LogP contribution in [0.3, 0.4) is 0 Å². The maximum absolute atomic E-state index is 10.2. The first kappa shape index (κ1) is 13.8. The monoisotopic (exact) mass is 313 g/mol. The van der Waals surface area contributed by atoms with E-state index in [0.29, 0.717) is 6.54 Å². The van der Waals surface area contributed by atoms with Gasteiger partial charge in [0.1, 0.15) is 5.75 Å². The third kappa shape index (κ3) is 3.46. The second-order valence-corrected chi connectivity index (χ2v) is 5.85. The Morgan fingerprint density at radius 2 is 2.11 bits per heavy atom. The van der Waals surface area contributed by atoms with Crippen LogP contribution in [0.1, 0.15) is 31.2 Å². The van der Waals surface area contributed by atoms with Crippen molar-refractivity contribution in [3.05, 3.63) is 28.2 Å². The number of hydrogen-bond donors (Lipinski definition) is 2. The highest BCUT2D eigenvalue weighted by molar-refractivity contribution is 9.10. The number of halogens is 1. The Kier molecular flexibility index (Phi) is 4.65. The van der Waals surface area contributed by atoms with Gasteiger partial charge in [-0.05, 0) is 36.6 Å². The summed E-state index contributed by atoms with van der Waals surface area (Å²) < 4.78 is 6.28. The molecule has 0 spiro atoms. The number of methoxy groups -OCH3 is 1. The van der Waals surface area contributed by atoms with E-state index in [4.69, 9.17) is 4.74 Å². The van der Waals surface area contributed by atoms with Gasteiger partial charge >= 0.3 is 0 Å². The second kappa shape index (κ2) is 6.04. The zero-order valence-electron chi connectivity index (χ0n) is 10.7. The molecule has 0 aliphatic heterocycles. The van der Waals surface area contributed by atoms with Crippen LogP contribution in [0.5, 0.6) is 5.75 Å². The Labute approximate surface area is 117 Å². The lowest BCUT2D eigenvalue weighted by Crippen LogP contribution is -2.37. The minimum atomic E-state index is -0.495. The standard InChI is InChI=1S/C14H20BrNO2/c1-18-12-4-5-13(15)11(8-12)9-16-10-14(17)6-2-3-7-14/h4-5,8,16-17H,2-3,6-7,9-10H2,1H3. The van der Waals surface area contributed by atoms with Gasteiger partial charge in [0.25, 0.3) is 0 Å². The predicted molar refractivity (Wildman–Crippen MR) is 75.8 cm³/mol. The van der Waals surface area contributed by atoms with E-state index in [1.165, 1.54) is 0 Å². The number of hydrogen-bond acceptors (Lipinski definition) is 3. The fraction of sp³-hybridized carbons (Fsp3) is 0.571. The lowest BCUT2D eigenvalue weighted by atomic mass is 10.0. The zero-order valence-corrected chi connectivity index (χ0v) is 12.3. The van der Waals surface area contributed by atoms with Crippen molar-refractivity contribution in [2.45, 2.75) is 37.8 Å². The molecule has 0 atom stereocenters. The lowest BCUT2D eigenvalue weighted by molar-refractivity contribution is 0.0474. The van der Waals surface area contributed by atoms with Crippen molar-refractivity contribution in [3.8, 4) is 5.75 Å². The van der Waals surface area contributed by atoms with Crippen LogP contribution >= 0.6 is 15.9 Å². The summed E-state index contributed by atoms with van der Waals surface area (Å²) >= 11 is 3.53. The average molecular weight is 314 g/mol. The van der Waals surface area contributed by atoms with E-state index in [-0.39, 0.29) is 0 Å². The van der Waals surface area contributed by atoms with Crippen molar-refractivity contribution in [1.82, 2.24) is 5.32 Å². The quantitative estimate of drug-likeness (QED) is 0.878. The molecule has 0 aromatic heterocycles. The summed E-state index contributed by atoms with van der Waals surface area (Å²) in [4.78, 5) is 0. The molecule has 1 fully saturated rings. The lowest BCUT2D eigenvalue weighted by Gasteiger charge is -2.22. The van der Waals surface area contributed by atoms with Gasteiger partial charge in [-0.25, -0.2) is 0 Å². The van der Waals surface area contributed by atoms with Gasteiger partial charge in [0.05, 0.1) is 12.7 Å². The van der Waals surface area contributed by atoms with Gasteiger partial charge in [-0.15, -0.1) is 0 Å². The highest BCUT2D eigenvalue weighted by Crippen LogP contribution is 2.29. The summed E-state index contributed by atoms with van der Waals surface area (Å²) in [5.41, 5.74) is 0.654. The molecule has 1 aliphatic carbocycles. The molecule has 0 unspecified atom stereocenters. The molecular weight excluding hydrogens is 294 g/mol. The van der Waals surface area contributed by atoms with Crippen molar-refractivity contribution in [2.24, 2.45) is 0 Å². The van der Waals surface area contributed by atoms with Crippen molar-refractivity contribution < 1.29 is 9.84 Å². The minimum absolute atomic E-state index is 0.495. The molecule has 18 heavy (non-hydrogen) atoms. The summed E-state index contributed by atoms with van der Waals surface area (Å²) in [7, 11) is 1.67. The molecule has 0 amide bonds. The van der Waals surface area contributed by atoms with Gasteiger partial charge in [0.2, 0.25) is 0 Å². The fourth-order valence-electron chi connectivity index (χ4n) is 2.45. The summed E-state index contributed by atoms with van der Waals surface area (Å²) in [6.45, 7) is 1.40. The fourth-order valence-corrected chi connectivity index (χ4v) is 2.84. The Balaban J connectivity index is 1.89. The van der Waals surface area contributed by atoms with Crippen LogP contribution in [0.15, 0.2) is 22.7 Å². The molecule has 1 aromatic rings. The molecular formula is C14H20BrNO2. The first-order valence-corrected chi connectivity index (χ1v) is 7.18. The molecule has 0 radical (unpaired) electrons. The predicted octanol–water partition coefficient (Wildman–Crippen LogP) is 2.85. The van der Waals surface area contributed by atoms with Crippen molar-refractivity contribution >= 4 is 15.9 Å². The van der Waals surface area contributed by atoms with Crippen LogP contribution in [-0.2, 0) is 6.54 Å². The van der Waals surface area contributed by atoms with E-state index in [1.54, 1.807) is 7.11 Å². The van der Waals surface area contributed by atoms with E-state index >= 15 is 0 Å². The van der Waals surface area contributed by atoms with Crippen molar-refractivity contribution in [1.29, 1.82) is 0 Å². The number of aliphatic hydroxyl groups is 1. The SMILES string of the molecule is COc1ccc(Br)c(CNCC2(O)CCCC2)c1. The van der Waals surface area contributed by atoms with Crippen LogP contribution in [-0.4, -0.2) is 24.4 Å². The van der Waals surface area contributed by atoms with Crippen LogP contribution in [0.2, 0.25) is 0 Å². The largest absolute Gasteiger partial charge is 0.497 e. The topological polar surface area (TPSA) is 41.5 Å². The molecule has 1 saturated carbocycles. The third-order valence-electron chi connectivity index (χ3n) is 3.56. The van der Waals surface area contributed by atoms with Crippen LogP contribution in [0, 0.1) is 0 Å². The van der Waals surface area contributed by atoms with Gasteiger partial charge in [-0.2, -0.15) is 0 Å². The molecule has 3 nitrogen and oxygen atoms in total. The summed E-state index contributed by atoms with van der Waals surface area (Å²) in [6.07, 6.45) is 4.11. The normalized spacial score (nSPS) is 17.9. The average Bonchev–Trinajstić information content (AvgIpc) is 2.79. The van der Waals surface area contributed by atoms with E-state index in [9.17, 15) is 5.11 Å². The molecule has 4 heteroatoms. The zero-order chi connectivity index (χ0) is 13.0. The van der Waals surface area contributed by atoms with Crippen LogP contribution in [0.4, 0.5) is 0 Å². The summed E-state index contributed by atoms with van der Waals surface area (Å²) in [6, 6.07) is 5.92. The molecule has 0 saturated heterocycles. The van der Waals surface area contributed by atoms with E-state index in [1.807, 2.05) is 18.2 Å².